The van der Waals surface area contributed by atoms with Crippen LogP contribution in [0.5, 0.6) is 11.5 Å². The van der Waals surface area contributed by atoms with Gasteiger partial charge in [-0.15, -0.1) is 0 Å². The van der Waals surface area contributed by atoms with Crippen molar-refractivity contribution in [3.8, 4) is 11.5 Å². The van der Waals surface area contributed by atoms with Crippen LogP contribution in [0.4, 0.5) is 5.69 Å². The highest BCUT2D eigenvalue weighted by atomic mass is 16.5. The fourth-order valence-corrected chi connectivity index (χ4v) is 3.13. The third-order valence-corrected chi connectivity index (χ3v) is 4.63. The maximum absolute atomic E-state index is 12.9. The second-order valence-corrected chi connectivity index (χ2v) is 6.19. The number of hydrogen-bond acceptors (Lipinski definition) is 6. The molecule has 0 N–H and O–H groups in total. The molecule has 2 aromatic rings. The lowest BCUT2D eigenvalue weighted by Gasteiger charge is -2.23. The molecule has 0 aliphatic carbocycles. The maximum Gasteiger partial charge on any atom is 0.244 e. The molecule has 0 saturated carbocycles. The van der Waals surface area contributed by atoms with Crippen LogP contribution in [0.15, 0.2) is 28.9 Å². The number of amides is 1. The molecule has 0 radical (unpaired) electrons. The van der Waals surface area contributed by atoms with Crippen molar-refractivity contribution in [1.29, 1.82) is 0 Å². The molecule has 134 valence electrons. The summed E-state index contributed by atoms with van der Waals surface area (Å²) < 4.78 is 15.7. The van der Waals surface area contributed by atoms with Crippen LogP contribution in [0.3, 0.4) is 0 Å². The Morgan fingerprint density at radius 2 is 1.96 bits per heavy atom. The number of rotatable bonds is 6. The smallest absolute Gasteiger partial charge is 0.244 e. The van der Waals surface area contributed by atoms with E-state index in [0.717, 1.165) is 23.4 Å². The molecule has 1 aromatic heterocycles. The zero-order chi connectivity index (χ0) is 18.0. The van der Waals surface area contributed by atoms with Crippen LogP contribution < -0.4 is 14.4 Å². The number of nitrogens with zero attached hydrogens (tertiary/aromatic N) is 3. The molecule has 0 spiro atoms. The molecule has 0 bridgehead atoms. The molecule has 1 fully saturated rings. The van der Waals surface area contributed by atoms with Gasteiger partial charge in [-0.1, -0.05) is 5.16 Å². The first-order valence-electron chi connectivity index (χ1n) is 8.18. The van der Waals surface area contributed by atoms with Gasteiger partial charge >= 0.3 is 0 Å². The molecular weight excluding hydrogens is 322 g/mol. The molecule has 1 amide bonds. The average Bonchev–Trinajstić information content (AvgIpc) is 3.20. The lowest BCUT2D eigenvalue weighted by Crippen LogP contribution is -2.39. The number of methoxy groups -OCH3 is 2. The molecule has 3 rings (SSSR count). The van der Waals surface area contributed by atoms with Gasteiger partial charge in [-0.05, 0) is 20.4 Å². The largest absolute Gasteiger partial charge is 0.497 e. The number of ether oxygens (including phenoxy) is 2. The number of anilines is 1. The first-order valence-corrected chi connectivity index (χ1v) is 8.18. The number of aromatic nitrogens is 1. The van der Waals surface area contributed by atoms with E-state index in [2.05, 4.69) is 5.16 Å². The number of aryl methyl sites for hydroxylation is 1. The van der Waals surface area contributed by atoms with Gasteiger partial charge in [-0.2, -0.15) is 0 Å². The molecule has 0 unspecified atom stereocenters. The third-order valence-electron chi connectivity index (χ3n) is 4.63. The Labute approximate surface area is 147 Å². The summed E-state index contributed by atoms with van der Waals surface area (Å²) in [4.78, 5) is 16.7. The van der Waals surface area contributed by atoms with Crippen LogP contribution >= 0.6 is 0 Å². The van der Waals surface area contributed by atoms with E-state index in [-0.39, 0.29) is 11.9 Å². The first kappa shape index (κ1) is 17.3. The third kappa shape index (κ3) is 3.46. The number of benzene rings is 1. The summed E-state index contributed by atoms with van der Waals surface area (Å²) in [6.45, 7) is 3.16. The summed E-state index contributed by atoms with van der Waals surface area (Å²) >= 11 is 0. The quantitative estimate of drug-likeness (QED) is 0.800. The zero-order valence-electron chi connectivity index (χ0n) is 15.0. The Balaban J connectivity index is 1.76. The average molecular weight is 345 g/mol. The number of hydrogen-bond donors (Lipinski definition) is 0. The van der Waals surface area contributed by atoms with Gasteiger partial charge in [0.25, 0.3) is 0 Å². The Morgan fingerprint density at radius 1 is 1.28 bits per heavy atom. The van der Waals surface area contributed by atoms with Crippen LogP contribution in [0, 0.1) is 6.92 Å². The predicted molar refractivity (Wildman–Crippen MR) is 93.0 cm³/mol. The molecule has 1 aliphatic heterocycles. The van der Waals surface area contributed by atoms with Gasteiger partial charge in [0.05, 0.1) is 32.1 Å². The minimum atomic E-state index is -0.175. The summed E-state index contributed by atoms with van der Waals surface area (Å²) in [5.41, 5.74) is 1.79. The van der Waals surface area contributed by atoms with Crippen molar-refractivity contribution in [1.82, 2.24) is 10.1 Å². The van der Waals surface area contributed by atoms with E-state index in [4.69, 9.17) is 14.0 Å². The fraction of sp³-hybridized carbons (Fsp3) is 0.444. The van der Waals surface area contributed by atoms with Crippen LogP contribution in [0.1, 0.15) is 17.7 Å². The van der Waals surface area contributed by atoms with E-state index >= 15 is 0 Å². The summed E-state index contributed by atoms with van der Waals surface area (Å²) in [6.07, 6.45) is 2.47. The summed E-state index contributed by atoms with van der Waals surface area (Å²) in [6, 6.07) is 5.33. The van der Waals surface area contributed by atoms with Crippen molar-refractivity contribution < 1.29 is 18.8 Å². The number of carbonyl (C=O) groups excluding carboxylic acids is 1. The van der Waals surface area contributed by atoms with Gasteiger partial charge in [-0.25, -0.2) is 0 Å². The monoisotopic (exact) mass is 345 g/mol. The van der Waals surface area contributed by atoms with Gasteiger partial charge in [0, 0.05) is 36.9 Å². The second kappa shape index (κ2) is 7.14. The standard InChI is InChI=1S/C18H23N3O4/c1-12-13(10-19-25-12)11-20(2)17-5-6-21(18(17)22)14-7-15(23-3)9-16(8-14)24-4/h7-10,17H,5-6,11H2,1-4H3/t17-/m1/s1. The minimum absolute atomic E-state index is 0.0758. The van der Waals surface area contributed by atoms with Crippen LogP contribution in [-0.2, 0) is 11.3 Å². The van der Waals surface area contributed by atoms with Crippen LogP contribution in [-0.4, -0.2) is 49.8 Å². The van der Waals surface area contributed by atoms with Crippen molar-refractivity contribution in [2.24, 2.45) is 0 Å². The van der Waals surface area contributed by atoms with Gasteiger partial charge in [-0.3, -0.25) is 9.69 Å². The van der Waals surface area contributed by atoms with E-state index < -0.39 is 0 Å². The van der Waals surface area contributed by atoms with E-state index in [1.807, 2.05) is 31.0 Å². The van der Waals surface area contributed by atoms with E-state index in [1.165, 1.54) is 0 Å². The predicted octanol–water partition coefficient (Wildman–Crippen LogP) is 2.24. The van der Waals surface area contributed by atoms with Crippen molar-refractivity contribution in [2.75, 3.05) is 32.7 Å². The second-order valence-electron chi connectivity index (χ2n) is 6.19. The SMILES string of the molecule is COc1cc(OC)cc(N2CC[C@@H](N(C)Cc3cnoc3C)C2=O)c1. The summed E-state index contributed by atoms with van der Waals surface area (Å²) in [5.74, 6) is 2.19. The normalized spacial score (nSPS) is 17.4. The van der Waals surface area contributed by atoms with Gasteiger partial charge in [0.1, 0.15) is 17.3 Å². The molecule has 7 heteroatoms. The number of likely N-dealkylation sites (N-methyl/N-ethyl adjacent to an activating group) is 1. The molecule has 1 aromatic carbocycles. The van der Waals surface area contributed by atoms with Crippen LogP contribution in [0.2, 0.25) is 0 Å². The lowest BCUT2D eigenvalue weighted by atomic mass is 10.2. The zero-order valence-corrected chi connectivity index (χ0v) is 15.0. The molecule has 2 heterocycles. The van der Waals surface area contributed by atoms with Gasteiger partial charge < -0.3 is 18.9 Å². The van der Waals surface area contributed by atoms with E-state index in [9.17, 15) is 4.79 Å². The highest BCUT2D eigenvalue weighted by Gasteiger charge is 2.35. The van der Waals surface area contributed by atoms with Gasteiger partial charge in [0.2, 0.25) is 5.91 Å². The van der Waals surface area contributed by atoms with Crippen LogP contribution in [0.25, 0.3) is 0 Å². The van der Waals surface area contributed by atoms with E-state index in [0.29, 0.717) is 24.6 Å². The Kier molecular flexibility index (Phi) is 4.94. The highest BCUT2D eigenvalue weighted by molar-refractivity contribution is 5.99. The minimum Gasteiger partial charge on any atom is -0.497 e. The Hall–Kier alpha value is -2.54. The lowest BCUT2D eigenvalue weighted by molar-refractivity contribution is -0.121. The van der Waals surface area contributed by atoms with Crippen molar-refractivity contribution in [3.63, 3.8) is 0 Å². The molecule has 1 saturated heterocycles. The molecule has 1 atom stereocenters. The molecule has 7 nitrogen and oxygen atoms in total. The Bertz CT molecular complexity index is 736. The van der Waals surface area contributed by atoms with Crippen molar-refractivity contribution in [2.45, 2.75) is 25.9 Å². The Morgan fingerprint density at radius 3 is 2.52 bits per heavy atom. The topological polar surface area (TPSA) is 68.0 Å². The summed E-state index contributed by atoms with van der Waals surface area (Å²) in [7, 11) is 5.15. The molecule has 1 aliphatic rings. The first-order chi connectivity index (χ1) is 12.0. The van der Waals surface area contributed by atoms with Gasteiger partial charge in [0.15, 0.2) is 0 Å². The highest BCUT2D eigenvalue weighted by Crippen LogP contribution is 2.32. The van der Waals surface area contributed by atoms with Crippen molar-refractivity contribution in [3.05, 3.63) is 35.7 Å². The summed E-state index contributed by atoms with van der Waals surface area (Å²) in [5, 5.41) is 3.80. The molecular formula is C18H23N3O4. The van der Waals surface area contributed by atoms with E-state index in [1.54, 1.807) is 31.4 Å². The molecule has 25 heavy (non-hydrogen) atoms. The fourth-order valence-electron chi connectivity index (χ4n) is 3.13. The van der Waals surface area contributed by atoms with Crippen molar-refractivity contribution >= 4 is 11.6 Å². The maximum atomic E-state index is 12.9. The number of carbonyl (C=O) groups is 1.